The summed E-state index contributed by atoms with van der Waals surface area (Å²) in [5, 5.41) is 7.77. The fourth-order valence-corrected chi connectivity index (χ4v) is 4.62. The van der Waals surface area contributed by atoms with Gasteiger partial charge in [0.05, 0.1) is 5.66 Å². The number of anilines is 2. The lowest BCUT2D eigenvalue weighted by Gasteiger charge is -2.43. The van der Waals surface area contributed by atoms with Crippen LogP contribution in [0.1, 0.15) is 61.3 Å². The van der Waals surface area contributed by atoms with Gasteiger partial charge in [-0.1, -0.05) is 55.2 Å². The molecule has 0 bridgehead atoms. The van der Waals surface area contributed by atoms with Crippen LogP contribution in [0.5, 0.6) is 0 Å². The average molecular weight is 380 g/mol. The van der Waals surface area contributed by atoms with Gasteiger partial charge in [0.25, 0.3) is 0 Å². The maximum absolute atomic E-state index is 4.00. The summed E-state index contributed by atoms with van der Waals surface area (Å²) in [5.41, 5.74) is 7.36. The van der Waals surface area contributed by atoms with Crippen molar-refractivity contribution in [1.29, 1.82) is 0 Å². The summed E-state index contributed by atoms with van der Waals surface area (Å²) in [5.74, 6) is 0. The van der Waals surface area contributed by atoms with E-state index >= 15 is 0 Å². The highest BCUT2D eigenvalue weighted by atomic mass is 15.3. The zero-order valence-corrected chi connectivity index (χ0v) is 18.5. The van der Waals surface area contributed by atoms with E-state index in [0.717, 1.165) is 0 Å². The third-order valence-electron chi connectivity index (χ3n) is 6.37. The molecule has 28 heavy (non-hydrogen) atoms. The molecular formula is C25H37N3. The third-order valence-corrected chi connectivity index (χ3v) is 6.37. The molecule has 1 unspecified atom stereocenters. The molecule has 1 aliphatic rings. The Morgan fingerprint density at radius 1 is 0.929 bits per heavy atom. The fourth-order valence-electron chi connectivity index (χ4n) is 4.62. The molecule has 1 saturated carbocycles. The second-order valence-electron chi connectivity index (χ2n) is 8.89. The fraction of sp³-hybridized carbons (Fsp3) is 0.520. The van der Waals surface area contributed by atoms with E-state index in [1.54, 1.807) is 0 Å². The van der Waals surface area contributed by atoms with Crippen LogP contribution in [-0.2, 0) is 5.66 Å². The number of benzene rings is 2. The van der Waals surface area contributed by atoms with Crippen molar-refractivity contribution in [2.45, 2.75) is 71.5 Å². The summed E-state index contributed by atoms with van der Waals surface area (Å²) >= 11 is 0. The summed E-state index contributed by atoms with van der Waals surface area (Å²) in [7, 11) is 4.35. The van der Waals surface area contributed by atoms with Crippen LogP contribution in [0.25, 0.3) is 0 Å². The molecule has 0 aliphatic heterocycles. The Morgan fingerprint density at radius 2 is 1.54 bits per heavy atom. The first-order valence-corrected chi connectivity index (χ1v) is 10.7. The van der Waals surface area contributed by atoms with Gasteiger partial charge >= 0.3 is 0 Å². The minimum atomic E-state index is -0.224. The van der Waals surface area contributed by atoms with Crippen LogP contribution in [0, 0.1) is 20.8 Å². The van der Waals surface area contributed by atoms with Gasteiger partial charge in [0.2, 0.25) is 0 Å². The topological polar surface area (TPSA) is 27.3 Å². The lowest BCUT2D eigenvalue weighted by molar-refractivity contribution is 0.101. The molecule has 3 nitrogen and oxygen atoms in total. The Kier molecular flexibility index (Phi) is 6.47. The SMILES string of the molecule is Cc1cc(C)c(Nc2ccccc2C(C)(NC2CCCCC2)N(C)C)c(C)c1. The molecule has 0 saturated heterocycles. The van der Waals surface area contributed by atoms with E-state index in [-0.39, 0.29) is 5.66 Å². The molecule has 2 N–H and O–H groups in total. The first-order valence-electron chi connectivity index (χ1n) is 10.7. The predicted molar refractivity (Wildman–Crippen MR) is 121 cm³/mol. The normalized spacial score (nSPS) is 17.5. The monoisotopic (exact) mass is 379 g/mol. The summed E-state index contributed by atoms with van der Waals surface area (Å²) in [6.07, 6.45) is 6.59. The van der Waals surface area contributed by atoms with Gasteiger partial charge in [0.15, 0.2) is 0 Å². The molecule has 1 aliphatic carbocycles. The number of hydrogen-bond donors (Lipinski definition) is 2. The van der Waals surface area contributed by atoms with Crippen molar-refractivity contribution >= 4 is 11.4 Å². The Hall–Kier alpha value is -1.84. The number of hydrogen-bond acceptors (Lipinski definition) is 3. The van der Waals surface area contributed by atoms with Crippen molar-refractivity contribution < 1.29 is 0 Å². The van der Waals surface area contributed by atoms with Gasteiger partial charge in [-0.15, -0.1) is 0 Å². The summed E-state index contributed by atoms with van der Waals surface area (Å²) in [6.45, 7) is 8.86. The van der Waals surface area contributed by atoms with E-state index in [0.29, 0.717) is 6.04 Å². The van der Waals surface area contributed by atoms with Gasteiger partial charge in [0, 0.05) is 23.0 Å². The Bertz CT molecular complexity index is 782. The largest absolute Gasteiger partial charge is 0.355 e. The predicted octanol–water partition coefficient (Wildman–Crippen LogP) is 6.01. The Labute approximate surface area is 171 Å². The van der Waals surface area contributed by atoms with Crippen molar-refractivity contribution in [2.75, 3.05) is 19.4 Å². The number of nitrogens with one attached hydrogen (secondary N) is 2. The first-order chi connectivity index (χ1) is 13.3. The van der Waals surface area contributed by atoms with E-state index in [2.05, 4.69) is 93.7 Å². The number of aryl methyl sites for hydroxylation is 3. The van der Waals surface area contributed by atoms with Gasteiger partial charge in [0.1, 0.15) is 0 Å². The van der Waals surface area contributed by atoms with E-state index in [9.17, 15) is 0 Å². The molecule has 1 atom stereocenters. The lowest BCUT2D eigenvalue weighted by atomic mass is 9.91. The smallest absolute Gasteiger partial charge is 0.0963 e. The molecule has 3 heteroatoms. The van der Waals surface area contributed by atoms with Crippen LogP contribution in [0.15, 0.2) is 36.4 Å². The van der Waals surface area contributed by atoms with Crippen molar-refractivity contribution in [2.24, 2.45) is 0 Å². The van der Waals surface area contributed by atoms with Crippen molar-refractivity contribution in [3.05, 3.63) is 58.7 Å². The molecule has 152 valence electrons. The zero-order chi connectivity index (χ0) is 20.3. The van der Waals surface area contributed by atoms with Gasteiger partial charge in [-0.2, -0.15) is 0 Å². The second-order valence-corrected chi connectivity index (χ2v) is 8.89. The summed E-state index contributed by atoms with van der Waals surface area (Å²) in [6, 6.07) is 13.8. The first kappa shape index (κ1) is 20.9. The Morgan fingerprint density at radius 3 is 2.14 bits per heavy atom. The average Bonchev–Trinajstić information content (AvgIpc) is 2.65. The van der Waals surface area contributed by atoms with Gasteiger partial charge in [-0.3, -0.25) is 10.2 Å². The molecule has 0 amide bonds. The summed E-state index contributed by atoms with van der Waals surface area (Å²) in [4.78, 5) is 2.32. The molecule has 0 radical (unpaired) electrons. The van der Waals surface area contributed by atoms with E-state index in [4.69, 9.17) is 0 Å². The summed E-state index contributed by atoms with van der Waals surface area (Å²) < 4.78 is 0. The number of rotatable bonds is 6. The van der Waals surface area contributed by atoms with Crippen molar-refractivity contribution in [3.8, 4) is 0 Å². The molecule has 0 heterocycles. The maximum Gasteiger partial charge on any atom is 0.0963 e. The highest BCUT2D eigenvalue weighted by Gasteiger charge is 2.34. The van der Waals surface area contributed by atoms with Gasteiger partial charge in [-0.25, -0.2) is 0 Å². The lowest BCUT2D eigenvalue weighted by Crippen LogP contribution is -2.55. The quantitative estimate of drug-likeness (QED) is 0.602. The number of nitrogens with zero attached hydrogens (tertiary/aromatic N) is 1. The second kappa shape index (κ2) is 8.67. The van der Waals surface area contributed by atoms with Crippen LogP contribution < -0.4 is 10.6 Å². The third kappa shape index (κ3) is 4.42. The standard InChI is InChI=1S/C25H37N3/c1-18-16-19(2)24(20(3)17-18)26-23-15-11-10-14-22(23)25(4,28(5)6)27-21-12-8-7-9-13-21/h10-11,14-17,21,26-27H,7-9,12-13H2,1-6H3. The van der Waals surface area contributed by atoms with Crippen LogP contribution in [0.4, 0.5) is 11.4 Å². The van der Waals surface area contributed by atoms with E-state index in [1.165, 1.54) is 65.7 Å². The van der Waals surface area contributed by atoms with Crippen molar-refractivity contribution in [1.82, 2.24) is 10.2 Å². The molecule has 2 aromatic rings. The van der Waals surface area contributed by atoms with Gasteiger partial charge in [-0.05, 0) is 71.8 Å². The van der Waals surface area contributed by atoms with Crippen LogP contribution in [-0.4, -0.2) is 25.0 Å². The molecule has 1 fully saturated rings. The maximum atomic E-state index is 4.00. The van der Waals surface area contributed by atoms with Gasteiger partial charge < -0.3 is 5.32 Å². The number of para-hydroxylation sites is 1. The molecular weight excluding hydrogens is 342 g/mol. The van der Waals surface area contributed by atoms with E-state index < -0.39 is 0 Å². The Balaban J connectivity index is 1.97. The van der Waals surface area contributed by atoms with E-state index in [1.807, 2.05) is 0 Å². The van der Waals surface area contributed by atoms with Crippen molar-refractivity contribution in [3.63, 3.8) is 0 Å². The van der Waals surface area contributed by atoms with Crippen LogP contribution >= 0.6 is 0 Å². The molecule has 0 spiro atoms. The molecule has 0 aromatic heterocycles. The molecule has 2 aromatic carbocycles. The minimum Gasteiger partial charge on any atom is -0.355 e. The van der Waals surface area contributed by atoms with Crippen LogP contribution in [0.2, 0.25) is 0 Å². The molecule has 3 rings (SSSR count). The highest BCUT2D eigenvalue weighted by molar-refractivity contribution is 5.70. The highest BCUT2D eigenvalue weighted by Crippen LogP contribution is 2.35. The minimum absolute atomic E-state index is 0.224. The zero-order valence-electron chi connectivity index (χ0n) is 18.5. The van der Waals surface area contributed by atoms with Crippen LogP contribution in [0.3, 0.4) is 0 Å².